The van der Waals surface area contributed by atoms with E-state index < -0.39 is 11.4 Å². The molecule has 4 heterocycles. The van der Waals surface area contributed by atoms with Gasteiger partial charge in [-0.1, -0.05) is 31.5 Å². The standard InChI is InChI=1S/C31H35ClFN5O3/c1-30(2)12-13-37(21-7-8-22(32)23(33)17-21)25-10-9-24(35-28(25)30)29(40)38-15-14-36(19-31(38,3)4)26-11-6-20(18-34-26)16-27(39)41-5/h6-11,17-18H,12-16,19H2,1-5H3. The molecule has 0 bridgehead atoms. The van der Waals surface area contributed by atoms with E-state index in [0.29, 0.717) is 37.6 Å². The summed E-state index contributed by atoms with van der Waals surface area (Å²) in [5, 5.41) is 0.0828. The number of esters is 1. The fourth-order valence-electron chi connectivity index (χ4n) is 5.65. The summed E-state index contributed by atoms with van der Waals surface area (Å²) in [6.45, 7) is 10.7. The van der Waals surface area contributed by atoms with Crippen LogP contribution in [-0.4, -0.2) is 65.6 Å². The van der Waals surface area contributed by atoms with E-state index in [9.17, 15) is 14.0 Å². The molecule has 2 aliphatic heterocycles. The number of carbonyl (C=O) groups excluding carboxylic acids is 2. The molecule has 0 spiro atoms. The topological polar surface area (TPSA) is 78.9 Å². The Morgan fingerprint density at radius 1 is 1.05 bits per heavy atom. The number of hydrogen-bond acceptors (Lipinski definition) is 7. The van der Waals surface area contributed by atoms with Gasteiger partial charge in [0.15, 0.2) is 0 Å². The van der Waals surface area contributed by atoms with E-state index in [1.807, 2.05) is 41.8 Å². The minimum atomic E-state index is -0.484. The average Bonchev–Trinajstić information content (AvgIpc) is 2.94. The maximum atomic E-state index is 14.3. The van der Waals surface area contributed by atoms with Crippen LogP contribution in [0.3, 0.4) is 0 Å². The first-order valence-electron chi connectivity index (χ1n) is 13.7. The van der Waals surface area contributed by atoms with Crippen molar-refractivity contribution in [2.75, 3.05) is 43.1 Å². The Morgan fingerprint density at radius 2 is 1.83 bits per heavy atom. The maximum Gasteiger partial charge on any atom is 0.310 e. The summed E-state index contributed by atoms with van der Waals surface area (Å²) in [5.74, 6) is -0.0990. The molecular formula is C31H35ClFN5O3. The molecule has 1 amide bonds. The average molecular weight is 580 g/mol. The molecule has 2 aliphatic rings. The number of anilines is 3. The zero-order chi connectivity index (χ0) is 29.5. The molecule has 1 saturated heterocycles. The zero-order valence-electron chi connectivity index (χ0n) is 24.1. The first-order valence-corrected chi connectivity index (χ1v) is 14.1. The van der Waals surface area contributed by atoms with Crippen molar-refractivity contribution in [3.8, 4) is 0 Å². The fraction of sp³-hybridized carbons (Fsp3) is 0.419. The molecule has 0 atom stereocenters. The van der Waals surface area contributed by atoms with Crippen LogP contribution in [0.25, 0.3) is 0 Å². The van der Waals surface area contributed by atoms with Crippen LogP contribution in [0.2, 0.25) is 5.02 Å². The van der Waals surface area contributed by atoms with Gasteiger partial charge in [-0.2, -0.15) is 0 Å². The van der Waals surface area contributed by atoms with E-state index in [-0.39, 0.29) is 28.7 Å². The summed E-state index contributed by atoms with van der Waals surface area (Å²) in [5.41, 5.74) is 2.83. The van der Waals surface area contributed by atoms with Crippen molar-refractivity contribution in [1.82, 2.24) is 14.9 Å². The fourth-order valence-corrected chi connectivity index (χ4v) is 5.77. The van der Waals surface area contributed by atoms with Crippen LogP contribution in [0.4, 0.5) is 21.6 Å². The highest BCUT2D eigenvalue weighted by Crippen LogP contribution is 2.42. The summed E-state index contributed by atoms with van der Waals surface area (Å²) in [6, 6.07) is 12.3. The summed E-state index contributed by atoms with van der Waals surface area (Å²) >= 11 is 5.92. The van der Waals surface area contributed by atoms with Crippen molar-refractivity contribution in [3.05, 3.63) is 76.5 Å². The Bertz CT molecular complexity index is 1480. The third-order valence-corrected chi connectivity index (χ3v) is 8.36. The number of carbonyl (C=O) groups is 2. The van der Waals surface area contributed by atoms with Crippen molar-refractivity contribution in [2.45, 2.75) is 51.5 Å². The highest BCUT2D eigenvalue weighted by Gasteiger charge is 2.40. The van der Waals surface area contributed by atoms with Gasteiger partial charge in [0.2, 0.25) is 0 Å². The smallest absolute Gasteiger partial charge is 0.310 e. The summed E-state index contributed by atoms with van der Waals surface area (Å²) in [6.07, 6.45) is 2.66. The highest BCUT2D eigenvalue weighted by molar-refractivity contribution is 6.30. The van der Waals surface area contributed by atoms with Gasteiger partial charge in [-0.15, -0.1) is 0 Å². The Hall–Kier alpha value is -3.72. The van der Waals surface area contributed by atoms with E-state index in [1.165, 1.54) is 13.2 Å². The molecule has 216 valence electrons. The number of ether oxygens (including phenoxy) is 1. The molecule has 1 fully saturated rings. The summed E-state index contributed by atoms with van der Waals surface area (Å²) in [7, 11) is 1.37. The van der Waals surface area contributed by atoms with Crippen molar-refractivity contribution < 1.29 is 18.7 Å². The quantitative estimate of drug-likeness (QED) is 0.367. The number of benzene rings is 1. The second kappa shape index (κ2) is 10.9. The van der Waals surface area contributed by atoms with Gasteiger partial charge in [0.05, 0.1) is 35.5 Å². The monoisotopic (exact) mass is 579 g/mol. The summed E-state index contributed by atoms with van der Waals surface area (Å²) < 4.78 is 19.0. The van der Waals surface area contributed by atoms with Crippen molar-refractivity contribution in [2.24, 2.45) is 0 Å². The maximum absolute atomic E-state index is 14.3. The number of rotatable bonds is 5. The second-order valence-corrected chi connectivity index (χ2v) is 12.3. The molecule has 0 radical (unpaired) electrons. The Morgan fingerprint density at radius 3 is 2.49 bits per heavy atom. The van der Waals surface area contributed by atoms with Gasteiger partial charge in [0.25, 0.3) is 5.91 Å². The van der Waals surface area contributed by atoms with Crippen LogP contribution in [0.5, 0.6) is 0 Å². The van der Waals surface area contributed by atoms with E-state index in [2.05, 4.69) is 23.7 Å². The number of halogens is 2. The van der Waals surface area contributed by atoms with E-state index >= 15 is 0 Å². The molecule has 0 aliphatic carbocycles. The van der Waals surface area contributed by atoms with E-state index in [4.69, 9.17) is 21.3 Å². The van der Waals surface area contributed by atoms with Gasteiger partial charge in [-0.05, 0) is 62.2 Å². The summed E-state index contributed by atoms with van der Waals surface area (Å²) in [4.78, 5) is 41.0. The molecular weight excluding hydrogens is 545 g/mol. The molecule has 0 saturated carbocycles. The largest absolute Gasteiger partial charge is 0.469 e. The number of fused-ring (bicyclic) bond motifs is 1. The third kappa shape index (κ3) is 5.73. The lowest BCUT2D eigenvalue weighted by atomic mass is 9.80. The normalized spacial score (nSPS) is 17.7. The SMILES string of the molecule is COC(=O)Cc1ccc(N2CCN(C(=O)c3ccc4c(n3)C(C)(C)CCN4c3ccc(Cl)c(F)c3)C(C)(C)C2)nc1. The number of aromatic nitrogens is 2. The van der Waals surface area contributed by atoms with E-state index in [0.717, 1.165) is 29.2 Å². The number of piperazine rings is 1. The number of pyridine rings is 2. The minimum Gasteiger partial charge on any atom is -0.469 e. The molecule has 0 N–H and O–H groups in total. The molecule has 3 aromatic rings. The Labute approximate surface area is 245 Å². The van der Waals surface area contributed by atoms with Crippen LogP contribution in [0, 0.1) is 5.82 Å². The lowest BCUT2D eigenvalue weighted by Gasteiger charge is -2.47. The van der Waals surface area contributed by atoms with Gasteiger partial charge < -0.3 is 19.4 Å². The first-order chi connectivity index (χ1) is 19.4. The number of hydrogen-bond donors (Lipinski definition) is 0. The number of amides is 1. The van der Waals surface area contributed by atoms with Gasteiger partial charge in [0.1, 0.15) is 17.3 Å². The van der Waals surface area contributed by atoms with Gasteiger partial charge in [-0.3, -0.25) is 9.59 Å². The number of methoxy groups -OCH3 is 1. The highest BCUT2D eigenvalue weighted by atomic mass is 35.5. The number of nitrogens with zero attached hydrogens (tertiary/aromatic N) is 5. The van der Waals surface area contributed by atoms with Gasteiger partial charge in [0, 0.05) is 43.5 Å². The van der Waals surface area contributed by atoms with E-state index in [1.54, 1.807) is 24.4 Å². The third-order valence-electron chi connectivity index (χ3n) is 8.06. The van der Waals surface area contributed by atoms with Crippen LogP contribution in [0.15, 0.2) is 48.7 Å². The first kappa shape index (κ1) is 28.8. The second-order valence-electron chi connectivity index (χ2n) is 11.9. The molecule has 1 aromatic carbocycles. The zero-order valence-corrected chi connectivity index (χ0v) is 24.8. The predicted molar refractivity (Wildman–Crippen MR) is 158 cm³/mol. The molecule has 0 unspecified atom stereocenters. The van der Waals surface area contributed by atoms with Crippen LogP contribution in [0.1, 0.15) is 55.9 Å². The molecule has 8 nitrogen and oxygen atoms in total. The predicted octanol–water partition coefficient (Wildman–Crippen LogP) is 5.55. The minimum absolute atomic E-state index is 0.0828. The van der Waals surface area contributed by atoms with Crippen LogP contribution in [-0.2, 0) is 21.4 Å². The van der Waals surface area contributed by atoms with Gasteiger partial charge >= 0.3 is 5.97 Å². The van der Waals surface area contributed by atoms with Gasteiger partial charge in [-0.25, -0.2) is 14.4 Å². The van der Waals surface area contributed by atoms with Crippen LogP contribution >= 0.6 is 11.6 Å². The lowest BCUT2D eigenvalue weighted by Crippen LogP contribution is -2.61. The Kier molecular flexibility index (Phi) is 7.68. The lowest BCUT2D eigenvalue weighted by molar-refractivity contribution is -0.139. The van der Waals surface area contributed by atoms with Crippen molar-refractivity contribution in [1.29, 1.82) is 0 Å². The molecule has 2 aromatic heterocycles. The van der Waals surface area contributed by atoms with Crippen LogP contribution < -0.4 is 9.80 Å². The molecule has 41 heavy (non-hydrogen) atoms. The Balaban J connectivity index is 1.36. The molecule has 5 rings (SSSR count). The molecule has 10 heteroatoms. The van der Waals surface area contributed by atoms with Crippen molar-refractivity contribution >= 4 is 40.7 Å². The van der Waals surface area contributed by atoms with Crippen molar-refractivity contribution in [3.63, 3.8) is 0 Å².